The molecule has 0 spiro atoms. The van der Waals surface area contributed by atoms with Crippen molar-refractivity contribution in [3.05, 3.63) is 54.1 Å². The van der Waals surface area contributed by atoms with Crippen LogP contribution in [0.4, 0.5) is 11.4 Å². The Labute approximate surface area is 164 Å². The minimum absolute atomic E-state index is 0.181. The van der Waals surface area contributed by atoms with Gasteiger partial charge in [-0.2, -0.15) is 0 Å². The van der Waals surface area contributed by atoms with Gasteiger partial charge in [0, 0.05) is 18.3 Å². The van der Waals surface area contributed by atoms with Crippen molar-refractivity contribution in [1.29, 1.82) is 0 Å². The van der Waals surface area contributed by atoms with Crippen LogP contribution in [-0.4, -0.2) is 30.0 Å². The van der Waals surface area contributed by atoms with Crippen LogP contribution in [0, 0.1) is 6.92 Å². The lowest BCUT2D eigenvalue weighted by Crippen LogP contribution is -2.35. The number of ether oxygens (including phenoxy) is 2. The van der Waals surface area contributed by atoms with Crippen LogP contribution < -0.4 is 15.4 Å². The number of anilines is 2. The van der Waals surface area contributed by atoms with Gasteiger partial charge in [0.15, 0.2) is 12.2 Å². The summed E-state index contributed by atoms with van der Waals surface area (Å²) in [5.41, 5.74) is 2.15. The van der Waals surface area contributed by atoms with E-state index in [0.29, 0.717) is 17.1 Å². The number of hydrogen-bond acceptors (Lipinski definition) is 5. The summed E-state index contributed by atoms with van der Waals surface area (Å²) >= 11 is 0. The molecule has 2 amide bonds. The van der Waals surface area contributed by atoms with Gasteiger partial charge < -0.3 is 20.1 Å². The van der Waals surface area contributed by atoms with E-state index in [0.717, 1.165) is 5.56 Å². The Morgan fingerprint density at radius 2 is 1.50 bits per heavy atom. The first-order valence-electron chi connectivity index (χ1n) is 8.87. The number of hydrogen-bond donors (Lipinski definition) is 2. The van der Waals surface area contributed by atoms with Crippen LogP contribution in [0.5, 0.6) is 5.75 Å². The molecule has 0 bridgehead atoms. The summed E-state index contributed by atoms with van der Waals surface area (Å²) in [4.78, 5) is 35.4. The summed E-state index contributed by atoms with van der Waals surface area (Å²) in [5.74, 6) is -0.728. The molecule has 0 fully saturated rings. The Bertz CT molecular complexity index is 848. The van der Waals surface area contributed by atoms with Gasteiger partial charge in [-0.1, -0.05) is 12.1 Å². The minimum Gasteiger partial charge on any atom is -0.479 e. The maximum Gasteiger partial charge on any atom is 0.347 e. The van der Waals surface area contributed by atoms with Gasteiger partial charge >= 0.3 is 5.97 Å². The summed E-state index contributed by atoms with van der Waals surface area (Å²) in [6.07, 6.45) is -1.85. The Hall–Kier alpha value is -3.35. The highest BCUT2D eigenvalue weighted by atomic mass is 16.6. The highest BCUT2D eigenvalue weighted by Crippen LogP contribution is 2.16. The minimum atomic E-state index is -0.994. The monoisotopic (exact) mass is 384 g/mol. The van der Waals surface area contributed by atoms with Gasteiger partial charge in [0.2, 0.25) is 5.91 Å². The molecule has 2 aromatic carbocycles. The lowest BCUT2D eigenvalue weighted by atomic mass is 10.2. The zero-order valence-corrected chi connectivity index (χ0v) is 16.3. The molecule has 0 unspecified atom stereocenters. The van der Waals surface area contributed by atoms with Crippen LogP contribution in [0.1, 0.15) is 26.3 Å². The molecular formula is C21H24N2O5. The van der Waals surface area contributed by atoms with Crippen LogP contribution in [-0.2, 0) is 19.1 Å². The molecule has 7 nitrogen and oxygen atoms in total. The molecule has 0 aliphatic heterocycles. The molecule has 0 saturated carbocycles. The van der Waals surface area contributed by atoms with Gasteiger partial charge in [-0.05, 0) is 62.7 Å². The number of carbonyl (C=O) groups is 3. The van der Waals surface area contributed by atoms with Gasteiger partial charge in [0.25, 0.3) is 5.91 Å². The number of nitrogens with one attached hydrogen (secondary N) is 2. The van der Waals surface area contributed by atoms with E-state index in [1.165, 1.54) is 13.8 Å². The number of rotatable bonds is 7. The molecule has 0 radical (unpaired) electrons. The number of carbonyl (C=O) groups excluding carboxylic acids is 3. The molecule has 0 aliphatic carbocycles. The second-order valence-electron chi connectivity index (χ2n) is 6.40. The molecule has 0 aromatic heterocycles. The summed E-state index contributed by atoms with van der Waals surface area (Å²) in [7, 11) is 0. The third kappa shape index (κ3) is 6.42. The fourth-order valence-corrected chi connectivity index (χ4v) is 2.35. The summed E-state index contributed by atoms with van der Waals surface area (Å²) in [6, 6.07) is 13.9. The van der Waals surface area contributed by atoms with Gasteiger partial charge in [-0.25, -0.2) is 4.79 Å². The van der Waals surface area contributed by atoms with E-state index >= 15 is 0 Å². The van der Waals surface area contributed by atoms with E-state index in [4.69, 9.17) is 9.47 Å². The van der Waals surface area contributed by atoms with Crippen molar-refractivity contribution in [2.75, 3.05) is 10.6 Å². The average Bonchev–Trinajstić information content (AvgIpc) is 2.62. The highest BCUT2D eigenvalue weighted by molar-refractivity contribution is 5.95. The first-order valence-corrected chi connectivity index (χ1v) is 8.87. The summed E-state index contributed by atoms with van der Waals surface area (Å²) in [5, 5.41) is 5.29. The normalized spacial score (nSPS) is 12.4. The molecular weight excluding hydrogens is 360 g/mol. The van der Waals surface area contributed by atoms with Crippen LogP contribution >= 0.6 is 0 Å². The highest BCUT2D eigenvalue weighted by Gasteiger charge is 2.23. The van der Waals surface area contributed by atoms with E-state index in [2.05, 4.69) is 10.6 Å². The standard InChI is InChI=1S/C21H24N2O5/c1-13-6-5-7-19(12-13)27-15(3)21(26)28-14(2)20(25)23-18-10-8-17(9-11-18)22-16(4)24/h5-12,14-15H,1-4H3,(H,22,24)(H,23,25)/t14-,15+/m0/s1. The Morgan fingerprint density at radius 3 is 2.07 bits per heavy atom. The molecule has 0 saturated heterocycles. The van der Waals surface area contributed by atoms with Crippen molar-refractivity contribution in [3.63, 3.8) is 0 Å². The van der Waals surface area contributed by atoms with E-state index in [1.54, 1.807) is 37.3 Å². The van der Waals surface area contributed by atoms with Gasteiger partial charge in [0.05, 0.1) is 0 Å². The van der Waals surface area contributed by atoms with Crippen LogP contribution in [0.2, 0.25) is 0 Å². The second-order valence-corrected chi connectivity index (χ2v) is 6.40. The van der Waals surface area contributed by atoms with E-state index in [9.17, 15) is 14.4 Å². The molecule has 0 heterocycles. The molecule has 2 N–H and O–H groups in total. The van der Waals surface area contributed by atoms with Gasteiger partial charge in [0.1, 0.15) is 5.75 Å². The predicted molar refractivity (Wildman–Crippen MR) is 106 cm³/mol. The molecule has 148 valence electrons. The smallest absolute Gasteiger partial charge is 0.347 e. The first kappa shape index (κ1) is 21.0. The van der Waals surface area contributed by atoms with E-state index < -0.39 is 24.1 Å². The van der Waals surface area contributed by atoms with Crippen LogP contribution in [0.25, 0.3) is 0 Å². The van der Waals surface area contributed by atoms with E-state index in [1.807, 2.05) is 25.1 Å². The van der Waals surface area contributed by atoms with Crippen molar-refractivity contribution >= 4 is 29.2 Å². The predicted octanol–water partition coefficient (Wildman–Crippen LogP) is 3.29. The molecule has 28 heavy (non-hydrogen) atoms. The molecule has 2 atom stereocenters. The SMILES string of the molecule is CC(=O)Nc1ccc(NC(=O)[C@H](C)OC(=O)[C@@H](C)Oc2cccc(C)c2)cc1. The van der Waals surface area contributed by atoms with Crippen LogP contribution in [0.3, 0.4) is 0 Å². The number of esters is 1. The van der Waals surface area contributed by atoms with Gasteiger partial charge in [-0.15, -0.1) is 0 Å². The largest absolute Gasteiger partial charge is 0.479 e. The van der Waals surface area contributed by atoms with Crippen molar-refractivity contribution in [2.45, 2.75) is 39.9 Å². The zero-order valence-electron chi connectivity index (χ0n) is 16.3. The quantitative estimate of drug-likeness (QED) is 0.715. The number of amides is 2. The zero-order chi connectivity index (χ0) is 20.7. The van der Waals surface area contributed by atoms with Crippen molar-refractivity contribution in [2.24, 2.45) is 0 Å². The van der Waals surface area contributed by atoms with Crippen LogP contribution in [0.15, 0.2) is 48.5 Å². The fraction of sp³-hybridized carbons (Fsp3) is 0.286. The lowest BCUT2D eigenvalue weighted by molar-refractivity contribution is -0.159. The Morgan fingerprint density at radius 1 is 0.893 bits per heavy atom. The first-order chi connectivity index (χ1) is 13.2. The third-order valence-corrected chi connectivity index (χ3v) is 3.77. The summed E-state index contributed by atoms with van der Waals surface area (Å²) in [6.45, 7) is 6.38. The van der Waals surface area contributed by atoms with Gasteiger partial charge in [-0.3, -0.25) is 9.59 Å². The van der Waals surface area contributed by atoms with Crippen molar-refractivity contribution < 1.29 is 23.9 Å². The molecule has 2 aromatic rings. The number of aryl methyl sites for hydroxylation is 1. The molecule has 0 aliphatic rings. The van der Waals surface area contributed by atoms with E-state index in [-0.39, 0.29) is 5.91 Å². The maximum absolute atomic E-state index is 12.2. The fourth-order valence-electron chi connectivity index (χ4n) is 2.35. The third-order valence-electron chi connectivity index (χ3n) is 3.77. The molecule has 2 rings (SSSR count). The number of benzene rings is 2. The lowest BCUT2D eigenvalue weighted by Gasteiger charge is -2.18. The maximum atomic E-state index is 12.2. The Balaban J connectivity index is 1.86. The molecule has 7 heteroatoms. The summed E-state index contributed by atoms with van der Waals surface area (Å²) < 4.78 is 10.8. The average molecular weight is 384 g/mol. The van der Waals surface area contributed by atoms with Crippen molar-refractivity contribution in [1.82, 2.24) is 0 Å². The van der Waals surface area contributed by atoms with Crippen molar-refractivity contribution in [3.8, 4) is 5.75 Å². The topological polar surface area (TPSA) is 93.7 Å². The Kier molecular flexibility index (Phi) is 7.14. The second kappa shape index (κ2) is 9.55.